The molecule has 1 aromatic carbocycles. The van der Waals surface area contributed by atoms with Gasteiger partial charge in [0.05, 0.1) is 5.69 Å². The minimum atomic E-state index is 0.589. The van der Waals surface area contributed by atoms with Crippen LogP contribution in [0.3, 0.4) is 0 Å². The molecule has 0 amide bonds. The summed E-state index contributed by atoms with van der Waals surface area (Å²) < 4.78 is 1.87. The molecule has 7 heteroatoms. The SMILES string of the molecule is CCN1CCN(CC(C)CNC(=NC)NCCc2ccc(-n3cccn3)cc2)CC1. The standard InChI is InChI=1S/C23H37N7/c1-4-28-14-16-29(17-15-28)19-20(2)18-26-23(24-3)25-12-10-21-6-8-22(9-7-21)30-13-5-11-27-30/h5-9,11,13,20H,4,10,12,14-19H2,1-3H3,(H2,24,25,26). The van der Waals surface area contributed by atoms with E-state index in [1.165, 1.54) is 38.3 Å². The molecule has 1 unspecified atom stereocenters. The number of rotatable bonds is 9. The van der Waals surface area contributed by atoms with Crippen LogP contribution in [0.5, 0.6) is 0 Å². The second kappa shape index (κ2) is 11.7. The molecule has 0 bridgehead atoms. The molecule has 1 aromatic heterocycles. The first kappa shape index (κ1) is 22.3. The van der Waals surface area contributed by atoms with Gasteiger partial charge in [-0.05, 0) is 42.6 Å². The van der Waals surface area contributed by atoms with Gasteiger partial charge in [0.2, 0.25) is 0 Å². The number of aromatic nitrogens is 2. The van der Waals surface area contributed by atoms with Crippen LogP contribution in [-0.2, 0) is 6.42 Å². The van der Waals surface area contributed by atoms with Crippen molar-refractivity contribution >= 4 is 5.96 Å². The van der Waals surface area contributed by atoms with E-state index in [9.17, 15) is 0 Å². The number of nitrogens with zero attached hydrogens (tertiary/aromatic N) is 5. The number of aliphatic imine (C=N–C) groups is 1. The lowest BCUT2D eigenvalue weighted by Gasteiger charge is -2.35. The zero-order valence-electron chi connectivity index (χ0n) is 18.7. The first-order valence-corrected chi connectivity index (χ1v) is 11.2. The normalized spacial score (nSPS) is 17.1. The summed E-state index contributed by atoms with van der Waals surface area (Å²) in [7, 11) is 1.84. The molecule has 1 atom stereocenters. The van der Waals surface area contributed by atoms with Crippen molar-refractivity contribution in [1.82, 2.24) is 30.2 Å². The fraction of sp³-hybridized carbons (Fsp3) is 0.565. The Morgan fingerprint density at radius 2 is 1.83 bits per heavy atom. The largest absolute Gasteiger partial charge is 0.356 e. The Morgan fingerprint density at radius 1 is 1.10 bits per heavy atom. The molecule has 1 aliphatic rings. The Hall–Kier alpha value is -2.38. The van der Waals surface area contributed by atoms with E-state index in [-0.39, 0.29) is 0 Å². The van der Waals surface area contributed by atoms with E-state index in [4.69, 9.17) is 0 Å². The first-order valence-electron chi connectivity index (χ1n) is 11.2. The van der Waals surface area contributed by atoms with E-state index >= 15 is 0 Å². The van der Waals surface area contributed by atoms with Crippen LogP contribution in [0.4, 0.5) is 0 Å². The molecule has 7 nitrogen and oxygen atoms in total. The summed E-state index contributed by atoms with van der Waals surface area (Å²) in [5, 5.41) is 11.2. The van der Waals surface area contributed by atoms with Crippen LogP contribution >= 0.6 is 0 Å². The van der Waals surface area contributed by atoms with Gasteiger partial charge in [0.25, 0.3) is 0 Å². The number of likely N-dealkylation sites (N-methyl/N-ethyl adjacent to an activating group) is 1. The van der Waals surface area contributed by atoms with Crippen molar-refractivity contribution < 1.29 is 0 Å². The van der Waals surface area contributed by atoms with Gasteiger partial charge in [-0.1, -0.05) is 26.0 Å². The minimum Gasteiger partial charge on any atom is -0.356 e. The number of guanidine groups is 1. The second-order valence-corrected chi connectivity index (χ2v) is 8.09. The van der Waals surface area contributed by atoms with Crippen molar-refractivity contribution in [2.45, 2.75) is 20.3 Å². The topological polar surface area (TPSA) is 60.7 Å². The molecule has 1 fully saturated rings. The molecule has 30 heavy (non-hydrogen) atoms. The molecule has 2 N–H and O–H groups in total. The maximum atomic E-state index is 4.37. The molecular formula is C23H37N7. The van der Waals surface area contributed by atoms with Crippen molar-refractivity contribution in [3.8, 4) is 5.69 Å². The van der Waals surface area contributed by atoms with Crippen LogP contribution in [0, 0.1) is 5.92 Å². The van der Waals surface area contributed by atoms with Crippen LogP contribution < -0.4 is 10.6 Å². The summed E-state index contributed by atoms with van der Waals surface area (Å²) in [6, 6.07) is 10.5. The second-order valence-electron chi connectivity index (χ2n) is 8.09. The van der Waals surface area contributed by atoms with Gasteiger partial charge in [-0.25, -0.2) is 4.68 Å². The van der Waals surface area contributed by atoms with E-state index in [0.717, 1.165) is 37.7 Å². The summed E-state index contributed by atoms with van der Waals surface area (Å²) in [6.45, 7) is 13.4. The summed E-state index contributed by atoms with van der Waals surface area (Å²) in [5.74, 6) is 1.47. The van der Waals surface area contributed by atoms with Gasteiger partial charge in [-0.3, -0.25) is 4.99 Å². The predicted octanol–water partition coefficient (Wildman–Crippen LogP) is 1.85. The molecule has 0 saturated carbocycles. The third-order valence-corrected chi connectivity index (χ3v) is 5.73. The van der Waals surface area contributed by atoms with Gasteiger partial charge in [-0.2, -0.15) is 5.10 Å². The lowest BCUT2D eigenvalue weighted by molar-refractivity contribution is 0.124. The Kier molecular flexibility index (Phi) is 8.71. The van der Waals surface area contributed by atoms with Gasteiger partial charge >= 0.3 is 0 Å². The van der Waals surface area contributed by atoms with Crippen molar-refractivity contribution in [2.75, 3.05) is 59.4 Å². The summed E-state index contributed by atoms with van der Waals surface area (Å²) in [6.07, 6.45) is 4.71. The van der Waals surface area contributed by atoms with Crippen LogP contribution in [0.1, 0.15) is 19.4 Å². The highest BCUT2D eigenvalue weighted by Crippen LogP contribution is 2.09. The predicted molar refractivity (Wildman–Crippen MR) is 124 cm³/mol. The van der Waals surface area contributed by atoms with Gasteiger partial charge in [-0.15, -0.1) is 0 Å². The summed E-state index contributed by atoms with van der Waals surface area (Å²) >= 11 is 0. The molecule has 0 spiro atoms. The van der Waals surface area contributed by atoms with Crippen LogP contribution in [0.25, 0.3) is 5.69 Å². The van der Waals surface area contributed by atoms with Crippen molar-refractivity contribution in [2.24, 2.45) is 10.9 Å². The van der Waals surface area contributed by atoms with E-state index in [1.54, 1.807) is 6.20 Å². The van der Waals surface area contributed by atoms with E-state index < -0.39 is 0 Å². The highest BCUT2D eigenvalue weighted by molar-refractivity contribution is 5.79. The molecule has 164 valence electrons. The van der Waals surface area contributed by atoms with Crippen LogP contribution in [0.2, 0.25) is 0 Å². The Labute approximate surface area is 181 Å². The lowest BCUT2D eigenvalue weighted by Crippen LogP contribution is -2.48. The lowest BCUT2D eigenvalue weighted by atomic mass is 10.1. The Balaban J connectivity index is 1.33. The Morgan fingerprint density at radius 3 is 2.47 bits per heavy atom. The molecule has 2 heterocycles. The van der Waals surface area contributed by atoms with E-state index in [1.807, 2.05) is 24.0 Å². The molecule has 1 aliphatic heterocycles. The van der Waals surface area contributed by atoms with Crippen molar-refractivity contribution in [3.63, 3.8) is 0 Å². The molecule has 2 aromatic rings. The first-order chi connectivity index (χ1) is 14.7. The van der Waals surface area contributed by atoms with Gasteiger partial charge < -0.3 is 20.4 Å². The number of piperazine rings is 1. The van der Waals surface area contributed by atoms with E-state index in [2.05, 4.69) is 68.6 Å². The number of hydrogen-bond donors (Lipinski definition) is 2. The zero-order chi connectivity index (χ0) is 21.2. The highest BCUT2D eigenvalue weighted by Gasteiger charge is 2.17. The molecule has 0 radical (unpaired) electrons. The van der Waals surface area contributed by atoms with Crippen molar-refractivity contribution in [1.29, 1.82) is 0 Å². The molecule has 3 rings (SSSR count). The van der Waals surface area contributed by atoms with Gasteiger partial charge in [0.15, 0.2) is 5.96 Å². The third-order valence-electron chi connectivity index (χ3n) is 5.73. The number of nitrogens with one attached hydrogen (secondary N) is 2. The maximum Gasteiger partial charge on any atom is 0.190 e. The third kappa shape index (κ3) is 6.85. The van der Waals surface area contributed by atoms with Crippen LogP contribution in [-0.4, -0.2) is 84.9 Å². The van der Waals surface area contributed by atoms with Gasteiger partial charge in [0.1, 0.15) is 0 Å². The highest BCUT2D eigenvalue weighted by atomic mass is 15.3. The average Bonchev–Trinajstić information content (AvgIpc) is 3.32. The molecule has 0 aliphatic carbocycles. The van der Waals surface area contributed by atoms with Crippen molar-refractivity contribution in [3.05, 3.63) is 48.3 Å². The molecule has 1 saturated heterocycles. The summed E-state index contributed by atoms with van der Waals surface area (Å²) in [5.41, 5.74) is 2.38. The van der Waals surface area contributed by atoms with E-state index in [0.29, 0.717) is 5.92 Å². The average molecular weight is 412 g/mol. The zero-order valence-corrected chi connectivity index (χ0v) is 18.7. The maximum absolute atomic E-state index is 4.37. The fourth-order valence-electron chi connectivity index (χ4n) is 3.85. The number of benzene rings is 1. The summed E-state index contributed by atoms with van der Waals surface area (Å²) in [4.78, 5) is 9.48. The monoisotopic (exact) mass is 411 g/mol. The fourth-order valence-corrected chi connectivity index (χ4v) is 3.85. The smallest absolute Gasteiger partial charge is 0.190 e. The number of hydrogen-bond acceptors (Lipinski definition) is 4. The Bertz CT molecular complexity index is 746. The van der Waals surface area contributed by atoms with Gasteiger partial charge in [0, 0.05) is 65.3 Å². The minimum absolute atomic E-state index is 0.589. The van der Waals surface area contributed by atoms with Crippen LogP contribution in [0.15, 0.2) is 47.7 Å². The quantitative estimate of drug-likeness (QED) is 0.487. The molecular weight excluding hydrogens is 374 g/mol.